The van der Waals surface area contributed by atoms with Crippen LogP contribution in [0.5, 0.6) is 0 Å². The quantitative estimate of drug-likeness (QED) is 0.0616. The molecule has 108 heavy (non-hydrogen) atoms. The zero-order valence-corrected chi connectivity index (χ0v) is 76.7. The van der Waals surface area contributed by atoms with E-state index in [1.54, 1.807) is 0 Å². The van der Waals surface area contributed by atoms with E-state index >= 15 is 0 Å². The first-order valence-electron chi connectivity index (χ1n) is 52.7. The van der Waals surface area contributed by atoms with Gasteiger partial charge < -0.3 is 5.11 Å². The second kappa shape index (κ2) is 95.3. The summed E-state index contributed by atoms with van der Waals surface area (Å²) in [7, 11) is 0. The van der Waals surface area contributed by atoms with Crippen molar-refractivity contribution in [2.45, 2.75) is 645 Å². The van der Waals surface area contributed by atoms with Gasteiger partial charge in [-0.1, -0.05) is 619 Å². The number of hydrogen-bond acceptors (Lipinski definition) is 1. The van der Waals surface area contributed by atoms with Crippen LogP contribution in [0.15, 0.2) is 0 Å². The second-order valence-electron chi connectivity index (χ2n) is 37.7. The maximum atomic E-state index is 12.3. The molecule has 0 radical (unpaired) electrons. The summed E-state index contributed by atoms with van der Waals surface area (Å²) < 4.78 is 0. The summed E-state index contributed by atoms with van der Waals surface area (Å²) in [5, 5.41) is 10.1. The van der Waals surface area contributed by atoms with Crippen LogP contribution in [0.2, 0.25) is 0 Å². The van der Waals surface area contributed by atoms with Gasteiger partial charge in [0.15, 0.2) is 0 Å². The van der Waals surface area contributed by atoms with Crippen LogP contribution in [0.3, 0.4) is 0 Å². The van der Waals surface area contributed by atoms with Crippen LogP contribution in [0.1, 0.15) is 645 Å². The summed E-state index contributed by atoms with van der Waals surface area (Å²) in [5.74, 6) is 3.53. The molecule has 0 saturated carbocycles. The van der Waals surface area contributed by atoms with Crippen molar-refractivity contribution in [3.05, 3.63) is 0 Å². The lowest BCUT2D eigenvalue weighted by atomic mass is 9.75. The summed E-state index contributed by atoms with van der Waals surface area (Å²) in [6.07, 6.45) is 134. The van der Waals surface area contributed by atoms with Crippen molar-refractivity contribution in [1.82, 2.24) is 0 Å². The van der Waals surface area contributed by atoms with Gasteiger partial charge in [0.2, 0.25) is 0 Å². The molecule has 0 spiro atoms. The molecule has 0 aliphatic carbocycles. The van der Waals surface area contributed by atoms with Crippen LogP contribution in [0.25, 0.3) is 0 Å². The molecular formula is C106H212O2. The van der Waals surface area contributed by atoms with Crippen LogP contribution < -0.4 is 0 Å². The van der Waals surface area contributed by atoms with Gasteiger partial charge in [-0.25, -0.2) is 0 Å². The minimum Gasteiger partial charge on any atom is -0.481 e. The molecule has 0 aromatic rings. The Kier molecular flexibility index (Phi) is 94.8. The Morgan fingerprint density at radius 1 is 0.167 bits per heavy atom. The lowest BCUT2D eigenvalue weighted by Gasteiger charge is -2.30. The van der Waals surface area contributed by atoms with E-state index in [4.69, 9.17) is 0 Å². The third kappa shape index (κ3) is 86.3. The normalized spacial score (nSPS) is 13.3. The van der Waals surface area contributed by atoms with Crippen LogP contribution in [0, 0.1) is 29.6 Å². The lowest BCUT2D eigenvalue weighted by molar-refractivity contribution is -0.137. The standard InChI is InChI=1S/C106H212O2/c1-7-13-18-23-28-33-38-43-48-53-58-63-68-73-78-83-89-101(12-6)100-103(91-85-80-75-70-65-60-55-50-45-40-35-30-25-20-15-9-3)92-88-95-104(93-86-81-76-71-66-61-56-51-46-41-36-31-26-21-16-10-4)105(94-87-82-77-72-67-62-57-52-47-42-37-32-27-22-17-11-5)98-96-102(97-99-106(107)108)90-84-79-74-69-64-59-54-49-44-39-34-29-24-19-14-8-2/h101-105H,7-100H2,1-6H3,(H,107,108). The smallest absolute Gasteiger partial charge is 0.303 e. The fraction of sp³-hybridized carbons (Fsp3) is 0.991. The van der Waals surface area contributed by atoms with Crippen molar-refractivity contribution in [3.8, 4) is 0 Å². The number of rotatable bonds is 99. The summed E-state index contributed by atoms with van der Waals surface area (Å²) in [6, 6.07) is 0. The Bertz CT molecular complexity index is 1580. The van der Waals surface area contributed by atoms with Crippen molar-refractivity contribution < 1.29 is 9.90 Å². The molecule has 648 valence electrons. The summed E-state index contributed by atoms with van der Waals surface area (Å²) in [5.41, 5.74) is 0. The molecule has 0 amide bonds. The predicted molar refractivity (Wildman–Crippen MR) is 493 cm³/mol. The molecule has 5 atom stereocenters. The molecular weight excluding hydrogens is 1310 g/mol. The van der Waals surface area contributed by atoms with E-state index in [2.05, 4.69) is 41.5 Å². The average Bonchev–Trinajstić information content (AvgIpc) is 0.902. The van der Waals surface area contributed by atoms with Gasteiger partial charge >= 0.3 is 5.97 Å². The third-order valence-electron chi connectivity index (χ3n) is 27.1. The van der Waals surface area contributed by atoms with Crippen molar-refractivity contribution in [3.63, 3.8) is 0 Å². The Balaban J connectivity index is 6.25. The molecule has 5 unspecified atom stereocenters. The minimum absolute atomic E-state index is 0.370. The maximum Gasteiger partial charge on any atom is 0.303 e. The van der Waals surface area contributed by atoms with Crippen LogP contribution in [-0.2, 0) is 4.79 Å². The van der Waals surface area contributed by atoms with Gasteiger partial charge in [0.25, 0.3) is 0 Å². The first-order chi connectivity index (χ1) is 53.4. The van der Waals surface area contributed by atoms with Crippen molar-refractivity contribution >= 4 is 5.97 Å². The van der Waals surface area contributed by atoms with Crippen LogP contribution in [-0.4, -0.2) is 11.1 Å². The van der Waals surface area contributed by atoms with Gasteiger partial charge in [0, 0.05) is 6.42 Å². The highest BCUT2D eigenvalue weighted by atomic mass is 16.4. The maximum absolute atomic E-state index is 12.3. The average molecular weight is 1520 g/mol. The minimum atomic E-state index is -0.567. The van der Waals surface area contributed by atoms with Gasteiger partial charge in [-0.3, -0.25) is 4.79 Å². The monoisotopic (exact) mass is 1520 g/mol. The van der Waals surface area contributed by atoms with E-state index in [9.17, 15) is 9.90 Å². The molecule has 0 aliphatic heterocycles. The highest BCUT2D eigenvalue weighted by Crippen LogP contribution is 2.38. The van der Waals surface area contributed by atoms with E-state index in [1.165, 1.54) is 591 Å². The Morgan fingerprint density at radius 2 is 0.333 bits per heavy atom. The van der Waals surface area contributed by atoms with Crippen molar-refractivity contribution in [1.29, 1.82) is 0 Å². The molecule has 0 rings (SSSR count). The number of carbonyl (C=O) groups is 1. The molecule has 2 heteroatoms. The number of aliphatic carboxylic acids is 1. The third-order valence-corrected chi connectivity index (χ3v) is 27.1. The highest BCUT2D eigenvalue weighted by molar-refractivity contribution is 5.66. The molecule has 0 aromatic heterocycles. The van der Waals surface area contributed by atoms with Gasteiger partial charge in [-0.05, 0) is 48.9 Å². The Labute approximate surface area is 686 Å². The molecule has 0 heterocycles. The van der Waals surface area contributed by atoms with Gasteiger partial charge in [0.1, 0.15) is 0 Å². The summed E-state index contributed by atoms with van der Waals surface area (Å²) >= 11 is 0. The number of unbranched alkanes of at least 4 members (excludes halogenated alkanes) is 75. The predicted octanol–water partition coefficient (Wildman–Crippen LogP) is 39.9. The molecule has 1 N–H and O–H groups in total. The van der Waals surface area contributed by atoms with E-state index < -0.39 is 5.97 Å². The van der Waals surface area contributed by atoms with E-state index in [0.29, 0.717) is 12.3 Å². The number of carboxylic acids is 1. The lowest BCUT2D eigenvalue weighted by Crippen LogP contribution is -2.18. The molecule has 0 aliphatic rings. The summed E-state index contributed by atoms with van der Waals surface area (Å²) in [6.45, 7) is 14.2. The molecule has 0 aromatic carbocycles. The Morgan fingerprint density at radius 3 is 0.546 bits per heavy atom. The fourth-order valence-corrected chi connectivity index (χ4v) is 19.3. The number of hydrogen-bond donors (Lipinski definition) is 1. The zero-order valence-electron chi connectivity index (χ0n) is 76.7. The van der Waals surface area contributed by atoms with Crippen molar-refractivity contribution in [2.75, 3.05) is 0 Å². The Hall–Kier alpha value is -0.530. The first kappa shape index (κ1) is 107. The van der Waals surface area contributed by atoms with Gasteiger partial charge in [0.05, 0.1) is 0 Å². The fourth-order valence-electron chi connectivity index (χ4n) is 19.3. The van der Waals surface area contributed by atoms with E-state index in [-0.39, 0.29) is 0 Å². The number of carboxylic acid groups (broad SMARTS) is 1. The van der Waals surface area contributed by atoms with E-state index in [0.717, 1.165) is 30.1 Å². The largest absolute Gasteiger partial charge is 0.481 e. The SMILES string of the molecule is CCCCCCCCCCCCCCCCCCC(CCC(=O)O)CCC(CCCCCCCCCCCCCCCCCC)C(CCCCCCCCCCCCCCCCCC)CCCC(CCCCCCCCCCCCCCCCCC)CC(CC)CCCCCCCCCCCCCCCCCC. The highest BCUT2D eigenvalue weighted by Gasteiger charge is 2.25. The zero-order chi connectivity index (χ0) is 77.9. The molecule has 0 bridgehead atoms. The first-order valence-corrected chi connectivity index (χ1v) is 52.7. The molecule has 0 fully saturated rings. The van der Waals surface area contributed by atoms with E-state index in [1.807, 2.05) is 0 Å². The summed E-state index contributed by atoms with van der Waals surface area (Å²) in [4.78, 5) is 12.3. The topological polar surface area (TPSA) is 37.3 Å². The second-order valence-corrected chi connectivity index (χ2v) is 37.7. The molecule has 2 nitrogen and oxygen atoms in total. The molecule has 0 saturated heterocycles. The van der Waals surface area contributed by atoms with Crippen molar-refractivity contribution in [2.24, 2.45) is 29.6 Å². The van der Waals surface area contributed by atoms with Crippen LogP contribution in [0.4, 0.5) is 0 Å². The van der Waals surface area contributed by atoms with Gasteiger partial charge in [-0.2, -0.15) is 0 Å². The van der Waals surface area contributed by atoms with Gasteiger partial charge in [-0.15, -0.1) is 0 Å². The van der Waals surface area contributed by atoms with Crippen LogP contribution >= 0.6 is 0 Å².